The minimum absolute atomic E-state index is 0. The molecule has 152 valence electrons. The summed E-state index contributed by atoms with van der Waals surface area (Å²) in [5, 5.41) is 13.8. The summed E-state index contributed by atoms with van der Waals surface area (Å²) >= 11 is 0. The maximum absolute atomic E-state index is 12.8. The van der Waals surface area contributed by atoms with E-state index in [2.05, 4.69) is 25.8 Å². The molecule has 2 aromatic heterocycles. The highest BCUT2D eigenvalue weighted by Crippen LogP contribution is 2.22. The van der Waals surface area contributed by atoms with Crippen LogP contribution in [0.1, 0.15) is 28.5 Å². The number of aromatic amines is 1. The van der Waals surface area contributed by atoms with Crippen LogP contribution in [0.4, 0.5) is 0 Å². The summed E-state index contributed by atoms with van der Waals surface area (Å²) in [6, 6.07) is 11.3. The van der Waals surface area contributed by atoms with Crippen LogP contribution in [0.3, 0.4) is 0 Å². The maximum atomic E-state index is 12.8. The molecule has 1 saturated heterocycles. The third-order valence-electron chi connectivity index (χ3n) is 4.94. The predicted octanol–water partition coefficient (Wildman–Crippen LogP) is 1.67. The van der Waals surface area contributed by atoms with Crippen molar-refractivity contribution >= 4 is 35.1 Å². The number of hydrogen-bond acceptors (Lipinski definition) is 5. The van der Waals surface area contributed by atoms with Crippen molar-refractivity contribution < 1.29 is 9.59 Å². The Balaban J connectivity index is 0.00000240. The molecule has 0 aliphatic carbocycles. The van der Waals surface area contributed by atoms with Gasteiger partial charge >= 0.3 is 0 Å². The molecule has 9 heteroatoms. The van der Waals surface area contributed by atoms with Crippen molar-refractivity contribution in [2.24, 2.45) is 0 Å². The summed E-state index contributed by atoms with van der Waals surface area (Å²) in [5.74, 6) is -0.267. The van der Waals surface area contributed by atoms with Gasteiger partial charge in [-0.25, -0.2) is 0 Å². The van der Waals surface area contributed by atoms with Crippen molar-refractivity contribution in [1.82, 2.24) is 30.7 Å². The average Bonchev–Trinajstić information content (AvgIpc) is 3.18. The quantitative estimate of drug-likeness (QED) is 0.589. The molecule has 3 heterocycles. The molecule has 0 radical (unpaired) electrons. The van der Waals surface area contributed by atoms with E-state index in [0.717, 1.165) is 23.0 Å². The van der Waals surface area contributed by atoms with E-state index in [-0.39, 0.29) is 43.2 Å². The number of carbonyl (C=O) groups is 2. The molecule has 0 spiro atoms. The van der Waals surface area contributed by atoms with Crippen LogP contribution in [-0.2, 0) is 4.79 Å². The Kier molecular flexibility index (Phi) is 6.79. The zero-order valence-corrected chi connectivity index (χ0v) is 16.6. The van der Waals surface area contributed by atoms with E-state index in [9.17, 15) is 9.59 Å². The number of nitrogens with one attached hydrogen (secondary N) is 3. The minimum atomic E-state index is -0.283. The fourth-order valence-electron chi connectivity index (χ4n) is 3.52. The fraction of sp³-hybridized carbons (Fsp3) is 0.300. The van der Waals surface area contributed by atoms with Crippen molar-refractivity contribution in [2.75, 3.05) is 26.2 Å². The highest BCUT2D eigenvalue weighted by atomic mass is 35.5. The summed E-state index contributed by atoms with van der Waals surface area (Å²) in [6.07, 6.45) is 3.76. The molecular formula is C20H23ClN6O2. The van der Waals surface area contributed by atoms with E-state index in [1.165, 1.54) is 0 Å². The number of piperazine rings is 1. The van der Waals surface area contributed by atoms with E-state index in [1.54, 1.807) is 12.4 Å². The molecule has 1 fully saturated rings. The number of amides is 2. The Morgan fingerprint density at radius 2 is 2.07 bits per heavy atom. The average molecular weight is 415 g/mol. The molecule has 0 bridgehead atoms. The predicted molar refractivity (Wildman–Crippen MR) is 112 cm³/mol. The monoisotopic (exact) mass is 414 g/mol. The molecule has 1 aromatic carbocycles. The lowest BCUT2D eigenvalue weighted by atomic mass is 10.0. The van der Waals surface area contributed by atoms with Gasteiger partial charge < -0.3 is 15.5 Å². The highest BCUT2D eigenvalue weighted by Gasteiger charge is 2.27. The van der Waals surface area contributed by atoms with Gasteiger partial charge in [0, 0.05) is 50.4 Å². The maximum Gasteiger partial charge on any atom is 0.272 e. The first-order valence-corrected chi connectivity index (χ1v) is 9.35. The SMILES string of the molecule is Cl.O=C(NCCC(=O)N1CCNCC1c1cccnc1)c1n[nH]c2ccccc12. The third kappa shape index (κ3) is 4.55. The van der Waals surface area contributed by atoms with Crippen molar-refractivity contribution in [3.05, 3.63) is 60.0 Å². The summed E-state index contributed by atoms with van der Waals surface area (Å²) < 4.78 is 0. The molecule has 1 atom stereocenters. The summed E-state index contributed by atoms with van der Waals surface area (Å²) in [7, 11) is 0. The number of H-pyrrole nitrogens is 1. The number of pyridine rings is 1. The second-order valence-corrected chi connectivity index (χ2v) is 6.72. The van der Waals surface area contributed by atoms with Crippen molar-refractivity contribution in [2.45, 2.75) is 12.5 Å². The summed E-state index contributed by atoms with van der Waals surface area (Å²) in [6.45, 7) is 2.36. The molecule has 29 heavy (non-hydrogen) atoms. The smallest absolute Gasteiger partial charge is 0.272 e. The minimum Gasteiger partial charge on any atom is -0.350 e. The van der Waals surface area contributed by atoms with E-state index >= 15 is 0 Å². The molecule has 8 nitrogen and oxygen atoms in total. The van der Waals surface area contributed by atoms with Crippen LogP contribution >= 0.6 is 12.4 Å². The van der Waals surface area contributed by atoms with E-state index in [4.69, 9.17) is 0 Å². The second-order valence-electron chi connectivity index (χ2n) is 6.72. The first-order valence-electron chi connectivity index (χ1n) is 9.35. The van der Waals surface area contributed by atoms with E-state index in [0.29, 0.717) is 18.8 Å². The van der Waals surface area contributed by atoms with Crippen LogP contribution in [0, 0.1) is 0 Å². The zero-order chi connectivity index (χ0) is 19.3. The number of aromatic nitrogens is 3. The molecule has 1 unspecified atom stereocenters. The summed E-state index contributed by atoms with van der Waals surface area (Å²) in [5.41, 5.74) is 2.16. The first-order chi connectivity index (χ1) is 13.7. The van der Waals surface area contributed by atoms with Crippen molar-refractivity contribution in [3.8, 4) is 0 Å². The Morgan fingerprint density at radius 3 is 2.90 bits per heavy atom. The standard InChI is InChI=1S/C20H22N6O2.ClH/c27-18(26-11-10-22-13-17(26)14-4-3-8-21-12-14)7-9-23-20(28)19-15-5-1-2-6-16(15)24-25-19;/h1-6,8,12,17,22H,7,9-11,13H2,(H,23,28)(H,24,25);1H. The van der Waals surface area contributed by atoms with Crippen LogP contribution in [0.5, 0.6) is 0 Å². The van der Waals surface area contributed by atoms with Gasteiger partial charge in [-0.2, -0.15) is 5.10 Å². The van der Waals surface area contributed by atoms with Gasteiger partial charge in [0.2, 0.25) is 5.91 Å². The number of fused-ring (bicyclic) bond motifs is 1. The fourth-order valence-corrected chi connectivity index (χ4v) is 3.52. The van der Waals surface area contributed by atoms with Gasteiger partial charge in [0.25, 0.3) is 5.91 Å². The van der Waals surface area contributed by atoms with Crippen LogP contribution < -0.4 is 10.6 Å². The van der Waals surface area contributed by atoms with Crippen molar-refractivity contribution in [1.29, 1.82) is 0 Å². The largest absolute Gasteiger partial charge is 0.350 e. The lowest BCUT2D eigenvalue weighted by molar-refractivity contribution is -0.134. The van der Waals surface area contributed by atoms with Crippen LogP contribution in [0.25, 0.3) is 10.9 Å². The number of hydrogen-bond donors (Lipinski definition) is 3. The van der Waals surface area contributed by atoms with Gasteiger partial charge in [0.15, 0.2) is 5.69 Å². The molecule has 0 saturated carbocycles. The van der Waals surface area contributed by atoms with Gasteiger partial charge in [0.05, 0.1) is 11.6 Å². The second kappa shape index (κ2) is 9.49. The molecule has 4 rings (SSSR count). The van der Waals surface area contributed by atoms with Crippen LogP contribution in [0.15, 0.2) is 48.8 Å². The molecule has 1 aliphatic rings. The number of benzene rings is 1. The Morgan fingerprint density at radius 1 is 1.21 bits per heavy atom. The normalized spacial score (nSPS) is 16.3. The van der Waals surface area contributed by atoms with E-state index < -0.39 is 0 Å². The number of halogens is 1. The van der Waals surface area contributed by atoms with Gasteiger partial charge in [-0.15, -0.1) is 12.4 Å². The number of nitrogens with zero attached hydrogens (tertiary/aromatic N) is 3. The summed E-state index contributed by atoms with van der Waals surface area (Å²) in [4.78, 5) is 31.2. The number of carbonyl (C=O) groups excluding carboxylic acids is 2. The Labute approximate surface area is 174 Å². The Hall–Kier alpha value is -2.97. The lowest BCUT2D eigenvalue weighted by Gasteiger charge is -2.36. The van der Waals surface area contributed by atoms with Crippen LogP contribution in [-0.4, -0.2) is 58.1 Å². The lowest BCUT2D eigenvalue weighted by Crippen LogP contribution is -2.49. The molecule has 1 aliphatic heterocycles. The highest BCUT2D eigenvalue weighted by molar-refractivity contribution is 6.04. The molecule has 3 aromatic rings. The number of rotatable bonds is 5. The topological polar surface area (TPSA) is 103 Å². The van der Waals surface area contributed by atoms with Crippen LogP contribution in [0.2, 0.25) is 0 Å². The van der Waals surface area contributed by atoms with Gasteiger partial charge in [0.1, 0.15) is 0 Å². The van der Waals surface area contributed by atoms with Gasteiger partial charge in [-0.3, -0.25) is 19.7 Å². The van der Waals surface area contributed by atoms with Gasteiger partial charge in [-0.05, 0) is 17.7 Å². The molecular weight excluding hydrogens is 392 g/mol. The zero-order valence-electron chi connectivity index (χ0n) is 15.8. The molecule has 3 N–H and O–H groups in total. The Bertz CT molecular complexity index is 977. The van der Waals surface area contributed by atoms with E-state index in [1.807, 2.05) is 41.3 Å². The first kappa shape index (κ1) is 20.8. The van der Waals surface area contributed by atoms with Crippen molar-refractivity contribution in [3.63, 3.8) is 0 Å². The van der Waals surface area contributed by atoms with Gasteiger partial charge in [-0.1, -0.05) is 24.3 Å². The number of para-hydroxylation sites is 1. The third-order valence-corrected chi connectivity index (χ3v) is 4.94. The molecule has 2 amide bonds.